The van der Waals surface area contributed by atoms with Crippen molar-refractivity contribution in [2.75, 3.05) is 6.54 Å². The Bertz CT molecular complexity index is 219. The van der Waals surface area contributed by atoms with Gasteiger partial charge in [-0.15, -0.1) is 0 Å². The van der Waals surface area contributed by atoms with Gasteiger partial charge in [0.05, 0.1) is 0 Å². The zero-order valence-electron chi connectivity index (χ0n) is 7.54. The second-order valence-electron chi connectivity index (χ2n) is 3.48. The van der Waals surface area contributed by atoms with Gasteiger partial charge in [-0.25, -0.2) is 4.58 Å². The number of hydrogen-bond donors (Lipinski definition) is 0. The molecule has 0 unspecified atom stereocenters. The van der Waals surface area contributed by atoms with Crippen LogP contribution in [0.5, 0.6) is 0 Å². The van der Waals surface area contributed by atoms with Gasteiger partial charge in [-0.2, -0.15) is 0 Å². The van der Waals surface area contributed by atoms with Crippen LogP contribution in [0.4, 0.5) is 0 Å². The van der Waals surface area contributed by atoms with Gasteiger partial charge in [0.25, 0.3) is 0 Å². The van der Waals surface area contributed by atoms with E-state index in [0.29, 0.717) is 0 Å². The Morgan fingerprint density at radius 3 is 2.64 bits per heavy atom. The lowest BCUT2D eigenvalue weighted by atomic mass is 9.93. The molecule has 0 aromatic carbocycles. The minimum Gasteiger partial charge on any atom is -0.206 e. The van der Waals surface area contributed by atoms with Gasteiger partial charge < -0.3 is 0 Å². The normalized spacial score (nSPS) is 21.2. The molecular weight excluding hydrogens is 134 g/mol. The summed E-state index contributed by atoms with van der Waals surface area (Å²) in [5.74, 6) is 0. The molecule has 1 nitrogen and oxygen atoms in total. The molecule has 0 amide bonds. The number of nitrogens with zero attached hydrogens (tertiary/aromatic N) is 1. The molecule has 0 aromatic heterocycles. The fourth-order valence-corrected chi connectivity index (χ4v) is 1.01. The monoisotopic (exact) mass is 150 g/mol. The van der Waals surface area contributed by atoms with Gasteiger partial charge in [0.15, 0.2) is 12.4 Å². The van der Waals surface area contributed by atoms with Gasteiger partial charge in [0.2, 0.25) is 0 Å². The molecule has 0 N–H and O–H groups in total. The lowest BCUT2D eigenvalue weighted by Gasteiger charge is -2.10. The Balaban J connectivity index is 2.83. The van der Waals surface area contributed by atoms with Crippen molar-refractivity contribution in [3.8, 4) is 0 Å². The maximum atomic E-state index is 2.22. The summed E-state index contributed by atoms with van der Waals surface area (Å²) < 4.78 is 2.17. The van der Waals surface area contributed by atoms with E-state index in [1.807, 2.05) is 0 Å². The molecule has 1 heteroatoms. The summed E-state index contributed by atoms with van der Waals surface area (Å²) in [5.41, 5.74) is 0.209. The van der Waals surface area contributed by atoms with Crippen LogP contribution in [0.3, 0.4) is 0 Å². The van der Waals surface area contributed by atoms with E-state index in [9.17, 15) is 0 Å². The number of allylic oxidation sites excluding steroid dienone is 3. The Morgan fingerprint density at radius 2 is 2.00 bits per heavy atom. The molecule has 0 radical (unpaired) electrons. The van der Waals surface area contributed by atoms with Crippen LogP contribution in [0.25, 0.3) is 0 Å². The molecule has 1 aliphatic rings. The van der Waals surface area contributed by atoms with Crippen molar-refractivity contribution in [1.29, 1.82) is 0 Å². The van der Waals surface area contributed by atoms with Gasteiger partial charge in [-0.3, -0.25) is 0 Å². The van der Waals surface area contributed by atoms with E-state index in [1.165, 1.54) is 0 Å². The Morgan fingerprint density at radius 1 is 1.27 bits per heavy atom. The molecule has 0 spiro atoms. The highest BCUT2D eigenvalue weighted by Crippen LogP contribution is 2.19. The average Bonchev–Trinajstić information content (AvgIpc) is 2.10. The first kappa shape index (κ1) is 8.25. The Hall–Kier alpha value is -0.850. The largest absolute Gasteiger partial charge is 0.206 e. The quantitative estimate of drug-likeness (QED) is 0.504. The van der Waals surface area contributed by atoms with Gasteiger partial charge in [-0.1, -0.05) is 19.9 Å². The van der Waals surface area contributed by atoms with Crippen molar-refractivity contribution in [2.24, 2.45) is 5.41 Å². The van der Waals surface area contributed by atoms with E-state index in [0.717, 1.165) is 6.54 Å². The van der Waals surface area contributed by atoms with Crippen LogP contribution in [0.15, 0.2) is 24.4 Å². The van der Waals surface area contributed by atoms with Crippen LogP contribution in [-0.4, -0.2) is 17.3 Å². The molecule has 1 rings (SSSR count). The topological polar surface area (TPSA) is 3.01 Å². The zero-order valence-corrected chi connectivity index (χ0v) is 7.54. The van der Waals surface area contributed by atoms with Gasteiger partial charge in [0.1, 0.15) is 6.54 Å². The summed E-state index contributed by atoms with van der Waals surface area (Å²) in [4.78, 5) is 0. The molecule has 11 heavy (non-hydrogen) atoms. The highest BCUT2D eigenvalue weighted by Gasteiger charge is 2.12. The van der Waals surface area contributed by atoms with Gasteiger partial charge in [0, 0.05) is 5.41 Å². The smallest absolute Gasteiger partial charge is 0.168 e. The minimum atomic E-state index is 0.209. The Kier molecular flexibility index (Phi) is 2.28. The maximum absolute atomic E-state index is 2.22. The van der Waals surface area contributed by atoms with Crippen LogP contribution in [0.2, 0.25) is 0 Å². The number of rotatable bonds is 1. The predicted octanol–water partition coefficient (Wildman–Crippen LogP) is 2.20. The SMILES string of the molecule is CC[N+]1=CC=CC(C)(C)C=C1. The van der Waals surface area contributed by atoms with E-state index in [1.54, 1.807) is 0 Å². The van der Waals surface area contributed by atoms with Crippen LogP contribution in [-0.2, 0) is 0 Å². The minimum absolute atomic E-state index is 0.209. The van der Waals surface area contributed by atoms with E-state index in [-0.39, 0.29) is 5.41 Å². The van der Waals surface area contributed by atoms with Crippen LogP contribution in [0, 0.1) is 5.41 Å². The molecule has 0 aromatic rings. The van der Waals surface area contributed by atoms with Crippen molar-refractivity contribution in [1.82, 2.24) is 0 Å². The van der Waals surface area contributed by atoms with Crippen LogP contribution in [0.1, 0.15) is 20.8 Å². The molecule has 0 bridgehead atoms. The molecule has 0 aliphatic carbocycles. The van der Waals surface area contributed by atoms with E-state index >= 15 is 0 Å². The second-order valence-corrected chi connectivity index (χ2v) is 3.48. The second kappa shape index (κ2) is 3.04. The Labute approximate surface area is 68.7 Å². The summed E-state index contributed by atoms with van der Waals surface area (Å²) >= 11 is 0. The third kappa shape index (κ3) is 2.34. The summed E-state index contributed by atoms with van der Waals surface area (Å²) in [6, 6.07) is 0. The molecule has 60 valence electrons. The van der Waals surface area contributed by atoms with Crippen molar-refractivity contribution < 1.29 is 4.58 Å². The van der Waals surface area contributed by atoms with E-state index < -0.39 is 0 Å². The first-order valence-corrected chi connectivity index (χ1v) is 4.12. The molecule has 0 saturated carbocycles. The predicted molar refractivity (Wildman–Crippen MR) is 48.9 cm³/mol. The van der Waals surface area contributed by atoms with E-state index in [2.05, 4.69) is 56.0 Å². The number of hydrogen-bond acceptors (Lipinski definition) is 0. The maximum Gasteiger partial charge on any atom is 0.168 e. The summed E-state index contributed by atoms with van der Waals surface area (Å²) in [6.07, 6.45) is 10.8. The lowest BCUT2D eigenvalue weighted by Crippen LogP contribution is -2.04. The molecule has 1 heterocycles. The first-order valence-electron chi connectivity index (χ1n) is 4.12. The molecule has 1 aliphatic heterocycles. The third-order valence-electron chi connectivity index (χ3n) is 1.86. The van der Waals surface area contributed by atoms with Crippen molar-refractivity contribution in [2.45, 2.75) is 20.8 Å². The standard InChI is InChI=1S/C10H16N/c1-4-11-8-5-6-10(2,3)7-9-11/h5-9H,4H2,1-3H3/q+1. The fourth-order valence-electron chi connectivity index (χ4n) is 1.01. The van der Waals surface area contributed by atoms with E-state index in [4.69, 9.17) is 0 Å². The van der Waals surface area contributed by atoms with Gasteiger partial charge >= 0.3 is 0 Å². The summed E-state index contributed by atoms with van der Waals surface area (Å²) in [5, 5.41) is 0. The molecular formula is C10H16N+. The highest BCUT2D eigenvalue weighted by molar-refractivity contribution is 5.67. The average molecular weight is 150 g/mol. The lowest BCUT2D eigenvalue weighted by molar-refractivity contribution is -0.447. The zero-order chi connectivity index (χ0) is 8.32. The van der Waals surface area contributed by atoms with Crippen LogP contribution >= 0.6 is 0 Å². The van der Waals surface area contributed by atoms with Gasteiger partial charge in [-0.05, 0) is 19.1 Å². The van der Waals surface area contributed by atoms with Crippen LogP contribution < -0.4 is 0 Å². The van der Waals surface area contributed by atoms with Crippen molar-refractivity contribution in [3.05, 3.63) is 24.4 Å². The summed E-state index contributed by atoms with van der Waals surface area (Å²) in [7, 11) is 0. The fraction of sp³-hybridized carbons (Fsp3) is 0.500. The molecule has 0 saturated heterocycles. The summed E-state index contributed by atoms with van der Waals surface area (Å²) in [6.45, 7) is 7.59. The third-order valence-corrected chi connectivity index (χ3v) is 1.86. The van der Waals surface area contributed by atoms with Crippen molar-refractivity contribution in [3.63, 3.8) is 0 Å². The molecule has 0 fully saturated rings. The first-order chi connectivity index (χ1) is 5.14. The van der Waals surface area contributed by atoms with Crippen molar-refractivity contribution >= 4 is 6.21 Å². The molecule has 0 atom stereocenters. The highest BCUT2D eigenvalue weighted by atomic mass is 15.0.